The van der Waals surface area contributed by atoms with E-state index in [0.29, 0.717) is 11.5 Å². The molecule has 2 saturated carbocycles. The highest BCUT2D eigenvalue weighted by Crippen LogP contribution is 2.57. The van der Waals surface area contributed by atoms with Crippen LogP contribution in [0.5, 0.6) is 0 Å². The molecule has 0 aromatic heterocycles. The Balaban J connectivity index is 1.47. The van der Waals surface area contributed by atoms with E-state index in [1.807, 2.05) is 30.3 Å². The first-order valence-corrected chi connectivity index (χ1v) is 7.25. The number of hydrogen-bond acceptors (Lipinski definition) is 2. The second-order valence-corrected chi connectivity index (χ2v) is 6.11. The summed E-state index contributed by atoms with van der Waals surface area (Å²) in [4.78, 5) is 12.1. The number of esters is 1. The van der Waals surface area contributed by atoms with Crippen LogP contribution in [0.3, 0.4) is 0 Å². The second kappa shape index (κ2) is 4.22. The Hall–Kier alpha value is -1.57. The van der Waals surface area contributed by atoms with E-state index in [2.05, 4.69) is 12.2 Å². The molecule has 3 aliphatic carbocycles. The molecule has 2 bridgehead atoms. The molecular formula is C17H18O2. The van der Waals surface area contributed by atoms with E-state index >= 15 is 0 Å². The van der Waals surface area contributed by atoms with Crippen molar-refractivity contribution in [1.82, 2.24) is 0 Å². The molecule has 0 heterocycles. The maximum absolute atomic E-state index is 12.1. The third-order valence-corrected chi connectivity index (χ3v) is 5.21. The van der Waals surface area contributed by atoms with Crippen molar-refractivity contribution in [3.63, 3.8) is 0 Å². The summed E-state index contributed by atoms with van der Waals surface area (Å²) >= 11 is 0. The lowest BCUT2D eigenvalue weighted by molar-refractivity contribution is 0.00317. The molecule has 0 radical (unpaired) electrons. The van der Waals surface area contributed by atoms with Gasteiger partial charge < -0.3 is 4.74 Å². The molecule has 0 unspecified atom stereocenters. The van der Waals surface area contributed by atoms with Gasteiger partial charge >= 0.3 is 5.97 Å². The lowest BCUT2D eigenvalue weighted by Crippen LogP contribution is -2.32. The van der Waals surface area contributed by atoms with Crippen molar-refractivity contribution in [3.8, 4) is 0 Å². The Bertz CT molecular complexity index is 519. The lowest BCUT2D eigenvalue weighted by Gasteiger charge is -2.31. The van der Waals surface area contributed by atoms with Crippen LogP contribution in [-0.4, -0.2) is 12.1 Å². The Morgan fingerprint density at radius 1 is 1.11 bits per heavy atom. The minimum Gasteiger partial charge on any atom is -0.458 e. The standard InChI is InChI=1S/C17H18O2/c18-17(11-5-2-1-3-6-11)19-16-10-12-9-15(16)14-8-4-7-13(12)14/h1-7,12-16H,8-10H2/t12-,13+,14-,15+,16-/m0/s1. The molecule has 5 atom stereocenters. The van der Waals surface area contributed by atoms with Crippen LogP contribution < -0.4 is 0 Å². The molecule has 0 N–H and O–H groups in total. The largest absolute Gasteiger partial charge is 0.458 e. The highest BCUT2D eigenvalue weighted by atomic mass is 16.5. The van der Waals surface area contributed by atoms with Crippen LogP contribution in [0.1, 0.15) is 29.6 Å². The quantitative estimate of drug-likeness (QED) is 0.597. The molecule has 1 aromatic rings. The SMILES string of the molecule is O=C(O[C@H]1C[C@@H]2C[C@@H]1[C@H]1CC=C[C@H]21)c1ccccc1. The Labute approximate surface area is 113 Å². The van der Waals surface area contributed by atoms with Crippen LogP contribution in [0.4, 0.5) is 0 Å². The summed E-state index contributed by atoms with van der Waals surface area (Å²) < 4.78 is 5.77. The number of ether oxygens (including phenoxy) is 1. The molecule has 4 rings (SSSR count). The maximum Gasteiger partial charge on any atom is 0.338 e. The molecule has 0 spiro atoms. The molecule has 2 fully saturated rings. The van der Waals surface area contributed by atoms with Gasteiger partial charge in [0.15, 0.2) is 0 Å². The summed E-state index contributed by atoms with van der Waals surface area (Å²) in [6.07, 6.45) is 8.37. The van der Waals surface area contributed by atoms with E-state index < -0.39 is 0 Å². The second-order valence-electron chi connectivity index (χ2n) is 6.11. The average molecular weight is 254 g/mol. The first-order chi connectivity index (χ1) is 9.33. The van der Waals surface area contributed by atoms with Crippen molar-refractivity contribution >= 4 is 5.97 Å². The topological polar surface area (TPSA) is 26.3 Å². The Morgan fingerprint density at radius 2 is 1.95 bits per heavy atom. The smallest absolute Gasteiger partial charge is 0.338 e. The van der Waals surface area contributed by atoms with Gasteiger partial charge in [0.05, 0.1) is 5.56 Å². The van der Waals surface area contributed by atoms with Gasteiger partial charge in [-0.05, 0) is 55.1 Å². The zero-order valence-electron chi connectivity index (χ0n) is 10.9. The number of carbonyl (C=O) groups is 1. The highest BCUT2D eigenvalue weighted by molar-refractivity contribution is 5.89. The summed E-state index contributed by atoms with van der Waals surface area (Å²) in [5.41, 5.74) is 0.673. The molecule has 98 valence electrons. The zero-order valence-corrected chi connectivity index (χ0v) is 10.9. The Morgan fingerprint density at radius 3 is 2.79 bits per heavy atom. The first kappa shape index (κ1) is 11.3. The van der Waals surface area contributed by atoms with Crippen LogP contribution in [0.15, 0.2) is 42.5 Å². The van der Waals surface area contributed by atoms with E-state index in [-0.39, 0.29) is 12.1 Å². The van der Waals surface area contributed by atoms with Crippen molar-refractivity contribution in [1.29, 1.82) is 0 Å². The van der Waals surface area contributed by atoms with Crippen molar-refractivity contribution in [2.75, 3.05) is 0 Å². The van der Waals surface area contributed by atoms with E-state index in [1.54, 1.807) is 0 Å². The third-order valence-electron chi connectivity index (χ3n) is 5.21. The van der Waals surface area contributed by atoms with Crippen molar-refractivity contribution in [3.05, 3.63) is 48.0 Å². The zero-order chi connectivity index (χ0) is 12.8. The predicted molar refractivity (Wildman–Crippen MR) is 72.6 cm³/mol. The van der Waals surface area contributed by atoms with Crippen LogP contribution in [-0.2, 0) is 4.74 Å². The van der Waals surface area contributed by atoms with Crippen LogP contribution in [0.25, 0.3) is 0 Å². The Kier molecular flexibility index (Phi) is 2.51. The van der Waals surface area contributed by atoms with Gasteiger partial charge in [0.25, 0.3) is 0 Å². The molecule has 2 nitrogen and oxygen atoms in total. The number of hydrogen-bond donors (Lipinski definition) is 0. The summed E-state index contributed by atoms with van der Waals surface area (Å²) in [5.74, 6) is 2.71. The fraction of sp³-hybridized carbons (Fsp3) is 0.471. The van der Waals surface area contributed by atoms with Gasteiger partial charge in [0.1, 0.15) is 6.10 Å². The maximum atomic E-state index is 12.1. The van der Waals surface area contributed by atoms with Crippen molar-refractivity contribution in [2.24, 2.45) is 23.7 Å². The number of carbonyl (C=O) groups excluding carboxylic acids is 1. The van der Waals surface area contributed by atoms with Gasteiger partial charge in [-0.3, -0.25) is 0 Å². The molecular weight excluding hydrogens is 236 g/mol. The van der Waals surface area contributed by atoms with Gasteiger partial charge in [0, 0.05) is 0 Å². The van der Waals surface area contributed by atoms with Crippen LogP contribution >= 0.6 is 0 Å². The normalized spacial score (nSPS) is 38.4. The summed E-state index contributed by atoms with van der Waals surface area (Å²) in [5, 5.41) is 0. The number of fused-ring (bicyclic) bond motifs is 5. The van der Waals surface area contributed by atoms with E-state index in [1.165, 1.54) is 12.8 Å². The average Bonchev–Trinajstić information content (AvgIpc) is 3.11. The predicted octanol–water partition coefficient (Wildman–Crippen LogP) is 3.44. The van der Waals surface area contributed by atoms with Gasteiger partial charge in [0.2, 0.25) is 0 Å². The molecule has 0 aliphatic heterocycles. The first-order valence-electron chi connectivity index (χ1n) is 7.25. The number of allylic oxidation sites excluding steroid dienone is 2. The van der Waals surface area contributed by atoms with Gasteiger partial charge in [-0.25, -0.2) is 4.79 Å². The van der Waals surface area contributed by atoms with Crippen LogP contribution in [0, 0.1) is 23.7 Å². The third kappa shape index (κ3) is 1.73. The monoisotopic (exact) mass is 254 g/mol. The summed E-state index contributed by atoms with van der Waals surface area (Å²) in [6.45, 7) is 0. The van der Waals surface area contributed by atoms with Crippen LogP contribution in [0.2, 0.25) is 0 Å². The molecule has 19 heavy (non-hydrogen) atoms. The van der Waals surface area contributed by atoms with Crippen molar-refractivity contribution in [2.45, 2.75) is 25.4 Å². The number of rotatable bonds is 2. The minimum absolute atomic E-state index is 0.152. The minimum atomic E-state index is -0.152. The number of benzene rings is 1. The van der Waals surface area contributed by atoms with Gasteiger partial charge in [-0.15, -0.1) is 0 Å². The fourth-order valence-electron chi connectivity index (χ4n) is 4.41. The van der Waals surface area contributed by atoms with Crippen molar-refractivity contribution < 1.29 is 9.53 Å². The molecule has 0 amide bonds. The lowest BCUT2D eigenvalue weighted by atomic mass is 9.80. The molecule has 3 aliphatic rings. The highest BCUT2D eigenvalue weighted by Gasteiger charge is 2.53. The fourth-order valence-corrected chi connectivity index (χ4v) is 4.41. The van der Waals surface area contributed by atoms with E-state index in [0.717, 1.165) is 24.2 Å². The van der Waals surface area contributed by atoms with E-state index in [9.17, 15) is 4.79 Å². The summed E-state index contributed by atoms with van der Waals surface area (Å²) in [7, 11) is 0. The molecule has 1 aromatic carbocycles. The molecule has 2 heteroatoms. The summed E-state index contributed by atoms with van der Waals surface area (Å²) in [6, 6.07) is 9.34. The van der Waals surface area contributed by atoms with Gasteiger partial charge in [-0.1, -0.05) is 30.4 Å². The van der Waals surface area contributed by atoms with Gasteiger partial charge in [-0.2, -0.15) is 0 Å². The molecule has 0 saturated heterocycles. The van der Waals surface area contributed by atoms with E-state index in [4.69, 9.17) is 4.74 Å².